The highest BCUT2D eigenvalue weighted by Crippen LogP contribution is 2.03. The normalized spacial score (nSPS) is 13.8. The van der Waals surface area contributed by atoms with Crippen molar-refractivity contribution in [2.24, 2.45) is 0 Å². The van der Waals surface area contributed by atoms with Crippen LogP contribution in [0.15, 0.2) is 24.4 Å². The van der Waals surface area contributed by atoms with Crippen LogP contribution >= 0.6 is 0 Å². The molecule has 0 radical (unpaired) electrons. The minimum atomic E-state index is -1.37. The number of hydrogen-bond donors (Lipinski definition) is 4. The van der Waals surface area contributed by atoms with Crippen molar-refractivity contribution in [1.82, 2.24) is 20.9 Å². The summed E-state index contributed by atoms with van der Waals surface area (Å²) in [5.74, 6) is -3.57. The Morgan fingerprint density at radius 3 is 2.17 bits per heavy atom. The lowest BCUT2D eigenvalue weighted by molar-refractivity contribution is -0.137. The van der Waals surface area contributed by atoms with E-state index >= 15 is 0 Å². The fourth-order valence-corrected chi connectivity index (χ4v) is 2.31. The van der Waals surface area contributed by atoms with Gasteiger partial charge in [0.15, 0.2) is 0 Å². The second-order valence-corrected chi connectivity index (χ2v) is 6.28. The predicted octanol–water partition coefficient (Wildman–Crippen LogP) is -1.19. The van der Waals surface area contributed by atoms with Crippen molar-refractivity contribution < 1.29 is 33.9 Å². The average Bonchev–Trinajstić information content (AvgIpc) is 2.97. The third kappa shape index (κ3) is 8.37. The zero-order valence-electron chi connectivity index (χ0n) is 16.0. The van der Waals surface area contributed by atoms with Gasteiger partial charge in [0.25, 0.3) is 11.8 Å². The van der Waals surface area contributed by atoms with E-state index in [-0.39, 0.29) is 31.8 Å². The van der Waals surface area contributed by atoms with Gasteiger partial charge in [-0.15, -0.1) is 0 Å². The Morgan fingerprint density at radius 2 is 1.62 bits per heavy atom. The number of amides is 5. The summed E-state index contributed by atoms with van der Waals surface area (Å²) in [5, 5.41) is 15.7. The number of rotatable bonds is 12. The van der Waals surface area contributed by atoms with E-state index < -0.39 is 41.3 Å². The van der Waals surface area contributed by atoms with Gasteiger partial charge in [0.2, 0.25) is 17.7 Å². The molecule has 1 aliphatic rings. The Labute approximate surface area is 167 Å². The van der Waals surface area contributed by atoms with Crippen LogP contribution < -0.4 is 16.0 Å². The number of imide groups is 1. The van der Waals surface area contributed by atoms with Crippen LogP contribution in [-0.2, 0) is 28.8 Å². The van der Waals surface area contributed by atoms with Gasteiger partial charge in [-0.25, -0.2) is 4.79 Å². The smallest absolute Gasteiger partial charge is 0.351 e. The number of aliphatic carboxylic acids is 1. The summed E-state index contributed by atoms with van der Waals surface area (Å²) in [6.45, 7) is 4.80. The van der Waals surface area contributed by atoms with Gasteiger partial charge in [0.1, 0.15) is 11.7 Å². The fraction of sp³-hybridized carbons (Fsp3) is 0.444. The predicted molar refractivity (Wildman–Crippen MR) is 99.9 cm³/mol. The molecule has 11 heteroatoms. The summed E-state index contributed by atoms with van der Waals surface area (Å²) >= 11 is 0. The van der Waals surface area contributed by atoms with Gasteiger partial charge in [-0.1, -0.05) is 6.58 Å². The molecule has 0 aromatic carbocycles. The van der Waals surface area contributed by atoms with Crippen molar-refractivity contribution in [3.8, 4) is 0 Å². The Kier molecular flexibility index (Phi) is 9.23. The molecular formula is C18H24N4O7. The summed E-state index contributed by atoms with van der Waals surface area (Å²) in [6.07, 6.45) is 3.43. The maximum absolute atomic E-state index is 11.8. The van der Waals surface area contributed by atoms with Crippen LogP contribution in [0.25, 0.3) is 0 Å². The molecule has 0 aliphatic carbocycles. The van der Waals surface area contributed by atoms with Crippen LogP contribution in [0.5, 0.6) is 0 Å². The molecule has 0 bridgehead atoms. The summed E-state index contributed by atoms with van der Waals surface area (Å²) in [6, 6.07) is -0.938. The maximum Gasteiger partial charge on any atom is 0.351 e. The van der Waals surface area contributed by atoms with Crippen LogP contribution in [0.2, 0.25) is 0 Å². The molecule has 1 aliphatic heterocycles. The van der Waals surface area contributed by atoms with E-state index in [1.54, 1.807) is 0 Å². The van der Waals surface area contributed by atoms with Crippen molar-refractivity contribution in [1.29, 1.82) is 0 Å². The Balaban J connectivity index is 2.14. The van der Waals surface area contributed by atoms with E-state index in [2.05, 4.69) is 22.5 Å². The molecule has 0 aromatic heterocycles. The van der Waals surface area contributed by atoms with Gasteiger partial charge in [0.05, 0.1) is 0 Å². The summed E-state index contributed by atoms with van der Waals surface area (Å²) in [5.41, 5.74) is -0.489. The van der Waals surface area contributed by atoms with Crippen molar-refractivity contribution in [3.63, 3.8) is 0 Å². The largest absolute Gasteiger partial charge is 0.477 e. The number of nitrogens with one attached hydrogen (secondary N) is 3. The van der Waals surface area contributed by atoms with E-state index in [0.29, 0.717) is 12.8 Å². The molecule has 0 saturated carbocycles. The Hall–Kier alpha value is -3.50. The summed E-state index contributed by atoms with van der Waals surface area (Å²) in [7, 11) is 0. The van der Waals surface area contributed by atoms with E-state index in [4.69, 9.17) is 5.11 Å². The SMILES string of the molecule is C=C(NC(=O)[C@H](C)NC(=O)CCCCC(=O)NCCN1C(=O)C=CC1=O)C(=O)O. The highest BCUT2D eigenvalue weighted by Gasteiger charge is 2.22. The number of carbonyl (C=O) groups is 6. The number of nitrogens with zero attached hydrogens (tertiary/aromatic N) is 1. The third-order valence-electron chi connectivity index (χ3n) is 3.92. The second-order valence-electron chi connectivity index (χ2n) is 6.28. The van der Waals surface area contributed by atoms with Crippen molar-refractivity contribution in [3.05, 3.63) is 24.4 Å². The number of hydrogen-bond acceptors (Lipinski definition) is 6. The van der Waals surface area contributed by atoms with Crippen molar-refractivity contribution >= 4 is 35.5 Å². The second kappa shape index (κ2) is 11.4. The van der Waals surface area contributed by atoms with Crippen LogP contribution in [0.4, 0.5) is 0 Å². The van der Waals surface area contributed by atoms with Crippen LogP contribution in [-0.4, -0.2) is 64.6 Å². The molecule has 0 unspecified atom stereocenters. The van der Waals surface area contributed by atoms with Crippen LogP contribution in [0.1, 0.15) is 32.6 Å². The molecule has 5 amide bonds. The molecule has 4 N–H and O–H groups in total. The van der Waals surface area contributed by atoms with E-state index in [0.717, 1.165) is 4.90 Å². The zero-order chi connectivity index (χ0) is 22.0. The lowest BCUT2D eigenvalue weighted by Crippen LogP contribution is -2.45. The molecule has 0 spiro atoms. The number of carbonyl (C=O) groups excluding carboxylic acids is 5. The van der Waals surface area contributed by atoms with Gasteiger partial charge in [0, 0.05) is 38.1 Å². The summed E-state index contributed by atoms with van der Waals surface area (Å²) in [4.78, 5) is 69.5. The topological polar surface area (TPSA) is 162 Å². The van der Waals surface area contributed by atoms with E-state index in [9.17, 15) is 28.8 Å². The molecule has 0 aromatic rings. The van der Waals surface area contributed by atoms with Gasteiger partial charge < -0.3 is 21.1 Å². The average molecular weight is 408 g/mol. The molecule has 11 nitrogen and oxygen atoms in total. The van der Waals surface area contributed by atoms with Gasteiger partial charge in [-0.3, -0.25) is 28.9 Å². The first-order chi connectivity index (χ1) is 13.6. The Morgan fingerprint density at radius 1 is 1.07 bits per heavy atom. The highest BCUT2D eigenvalue weighted by molar-refractivity contribution is 6.12. The minimum absolute atomic E-state index is 0.0903. The minimum Gasteiger partial charge on any atom is -0.477 e. The summed E-state index contributed by atoms with van der Waals surface area (Å²) < 4.78 is 0. The van der Waals surface area contributed by atoms with Crippen molar-refractivity contribution in [2.45, 2.75) is 38.6 Å². The standard InChI is InChI=1S/C18H24N4O7/c1-11(17(27)21-12(2)18(28)29)20-14(24)6-4-3-5-13(23)19-9-10-22-15(25)7-8-16(22)26/h7-8,11H,2-6,9-10H2,1H3,(H,19,23)(H,20,24)(H,21,27)(H,28,29)/t11-/m0/s1. The quantitative estimate of drug-likeness (QED) is 0.179. The van der Waals surface area contributed by atoms with E-state index in [1.165, 1.54) is 19.1 Å². The number of carboxylic acid groups (broad SMARTS) is 1. The molecule has 1 heterocycles. The highest BCUT2D eigenvalue weighted by atomic mass is 16.4. The lowest BCUT2D eigenvalue weighted by atomic mass is 10.1. The van der Waals surface area contributed by atoms with Gasteiger partial charge >= 0.3 is 5.97 Å². The maximum atomic E-state index is 11.8. The molecule has 29 heavy (non-hydrogen) atoms. The first-order valence-corrected chi connectivity index (χ1v) is 8.94. The van der Waals surface area contributed by atoms with Crippen molar-refractivity contribution in [2.75, 3.05) is 13.1 Å². The number of unbranched alkanes of at least 4 members (excludes halogenated alkanes) is 1. The monoisotopic (exact) mass is 408 g/mol. The van der Waals surface area contributed by atoms with Gasteiger partial charge in [-0.2, -0.15) is 0 Å². The third-order valence-corrected chi connectivity index (χ3v) is 3.92. The number of carboxylic acids is 1. The first kappa shape index (κ1) is 23.5. The first-order valence-electron chi connectivity index (χ1n) is 8.94. The van der Waals surface area contributed by atoms with Gasteiger partial charge in [-0.05, 0) is 19.8 Å². The van der Waals surface area contributed by atoms with Crippen LogP contribution in [0, 0.1) is 0 Å². The van der Waals surface area contributed by atoms with Crippen LogP contribution in [0.3, 0.4) is 0 Å². The molecule has 0 fully saturated rings. The molecule has 0 saturated heterocycles. The van der Waals surface area contributed by atoms with E-state index in [1.807, 2.05) is 0 Å². The fourth-order valence-electron chi connectivity index (χ4n) is 2.31. The lowest BCUT2D eigenvalue weighted by Gasteiger charge is -2.14. The molecule has 1 atom stereocenters. The molecular weight excluding hydrogens is 384 g/mol. The molecule has 1 rings (SSSR count). The molecule has 158 valence electrons. The zero-order valence-corrected chi connectivity index (χ0v) is 16.0. The Bertz CT molecular complexity index is 726.